The monoisotopic (exact) mass is 1380 g/mol. The molecule has 0 fully saturated rings. The standard InChI is InChI=1S/C102H68N6/c1-101(2)85-30-13-7-24-73(85)75-47-45-70(59-87(75)101)107-92-34-17-11-28-79(92)83-57-65(41-52-96(83)107)63-39-50-94-81(55-63)77-26-9-15-32-90(77)105(94)68-43-36-62(37-44-68)99-98-72-23-6-5-20-61(72)38-49-89(98)103-100(104-99)67-21-19-22-69(54-67)106-91-33-16-10-27-78(91)82-56-64(40-51-95(82)106)66-42-53-97-84(58-66)80-29-12-18-35-93(80)108(97)71-46-48-76-74-25-8-14-31-86(74)102(3,4)88(76)60-71/h5-60H,1-4H3. The summed E-state index contributed by atoms with van der Waals surface area (Å²) in [5.74, 6) is 0.669. The van der Waals surface area contributed by atoms with Crippen molar-refractivity contribution in [1.29, 1.82) is 0 Å². The van der Waals surface area contributed by atoms with Gasteiger partial charge in [-0.15, -0.1) is 0 Å². The van der Waals surface area contributed by atoms with Gasteiger partial charge in [-0.1, -0.05) is 240 Å². The van der Waals surface area contributed by atoms with E-state index in [1.54, 1.807) is 0 Å². The predicted octanol–water partition coefficient (Wildman–Crippen LogP) is 26.5. The molecule has 0 radical (unpaired) electrons. The molecule has 506 valence electrons. The van der Waals surface area contributed by atoms with Crippen LogP contribution in [0.25, 0.3) is 199 Å². The minimum absolute atomic E-state index is 0.0982. The van der Waals surface area contributed by atoms with E-state index in [-0.39, 0.29) is 10.8 Å². The Labute approximate surface area is 623 Å². The third-order valence-electron chi connectivity index (χ3n) is 24.4. The molecule has 0 N–H and O–H groups in total. The van der Waals surface area contributed by atoms with E-state index in [1.807, 2.05) is 0 Å². The zero-order chi connectivity index (χ0) is 71.4. The van der Waals surface area contributed by atoms with Crippen LogP contribution in [0.15, 0.2) is 340 Å². The van der Waals surface area contributed by atoms with Gasteiger partial charge < -0.3 is 18.3 Å². The SMILES string of the molecule is CC1(C)c2ccccc2-c2ccc(-n3c4ccccc4c4cc(-c5ccc6c(c5)c5ccccc5n6-c5ccc(-c6nc(-c7cccc(-n8c9ccccc9c9cc(-c%10ccc%11c(c%10)c%10ccccc%10n%11-c%10ccc%11c(c%10)C(C)(C)c%10ccccc%10-%11)ccc98)c7)nc7ccc8ccccc8c67)cc5)ccc43)cc21. The number of hydrogen-bond acceptors (Lipinski definition) is 2. The molecule has 5 heterocycles. The minimum atomic E-state index is -0.100. The second-order valence-electron chi connectivity index (χ2n) is 30.8. The Hall–Kier alpha value is -13.7. The van der Waals surface area contributed by atoms with Crippen LogP contribution in [-0.4, -0.2) is 28.2 Å². The highest BCUT2D eigenvalue weighted by molar-refractivity contribution is 6.17. The van der Waals surface area contributed by atoms with E-state index < -0.39 is 0 Å². The minimum Gasteiger partial charge on any atom is -0.309 e. The van der Waals surface area contributed by atoms with Crippen LogP contribution in [-0.2, 0) is 10.8 Å². The molecule has 0 bridgehead atoms. The molecule has 16 aromatic carbocycles. The molecule has 6 heteroatoms. The lowest BCUT2D eigenvalue weighted by atomic mass is 9.82. The number of rotatable bonds is 8. The lowest BCUT2D eigenvalue weighted by Crippen LogP contribution is -2.15. The molecule has 2 aliphatic rings. The highest BCUT2D eigenvalue weighted by Gasteiger charge is 2.37. The topological polar surface area (TPSA) is 45.5 Å². The maximum Gasteiger partial charge on any atom is 0.160 e. The number of hydrogen-bond donors (Lipinski definition) is 0. The second kappa shape index (κ2) is 22.4. The lowest BCUT2D eigenvalue weighted by Gasteiger charge is -2.22. The molecular weight excluding hydrogens is 1310 g/mol. The Bertz CT molecular complexity index is 7490. The van der Waals surface area contributed by atoms with Gasteiger partial charge in [-0.05, 0) is 205 Å². The number of nitrogens with zero attached hydrogens (tertiary/aromatic N) is 6. The molecular formula is C102H68N6. The van der Waals surface area contributed by atoms with Crippen LogP contribution in [0.3, 0.4) is 0 Å². The van der Waals surface area contributed by atoms with Crippen molar-refractivity contribution < 1.29 is 0 Å². The van der Waals surface area contributed by atoms with Gasteiger partial charge in [0.1, 0.15) is 0 Å². The maximum atomic E-state index is 5.65. The molecule has 0 saturated carbocycles. The molecule has 0 atom stereocenters. The normalized spacial score (nSPS) is 13.5. The second-order valence-corrected chi connectivity index (χ2v) is 30.8. The van der Waals surface area contributed by atoms with Crippen LogP contribution < -0.4 is 0 Å². The van der Waals surface area contributed by atoms with Crippen LogP contribution in [0.4, 0.5) is 0 Å². The van der Waals surface area contributed by atoms with Crippen molar-refractivity contribution in [2.45, 2.75) is 38.5 Å². The molecule has 0 spiro atoms. The van der Waals surface area contributed by atoms with Gasteiger partial charge in [-0.2, -0.15) is 0 Å². The fraction of sp³-hybridized carbons (Fsp3) is 0.0588. The van der Waals surface area contributed by atoms with E-state index in [1.165, 1.54) is 143 Å². The summed E-state index contributed by atoms with van der Waals surface area (Å²) in [4.78, 5) is 11.1. The molecule has 23 rings (SSSR count). The summed E-state index contributed by atoms with van der Waals surface area (Å²) >= 11 is 0. The first-order valence-corrected chi connectivity index (χ1v) is 37.6. The Balaban J connectivity index is 0.592. The fourth-order valence-electron chi connectivity index (χ4n) is 19.2. The molecule has 0 amide bonds. The van der Waals surface area contributed by atoms with Crippen molar-refractivity contribution in [3.63, 3.8) is 0 Å². The van der Waals surface area contributed by atoms with Crippen LogP contribution in [0.1, 0.15) is 49.9 Å². The molecule has 0 unspecified atom stereocenters. The van der Waals surface area contributed by atoms with Gasteiger partial charge in [-0.25, -0.2) is 9.97 Å². The van der Waals surface area contributed by atoms with Crippen molar-refractivity contribution in [2.75, 3.05) is 0 Å². The van der Waals surface area contributed by atoms with Gasteiger partial charge >= 0.3 is 0 Å². The van der Waals surface area contributed by atoms with Crippen molar-refractivity contribution in [2.24, 2.45) is 0 Å². The van der Waals surface area contributed by atoms with E-state index in [4.69, 9.17) is 9.97 Å². The molecule has 6 nitrogen and oxygen atoms in total. The number of para-hydroxylation sites is 4. The Morgan fingerprint density at radius 2 is 0.583 bits per heavy atom. The van der Waals surface area contributed by atoms with Gasteiger partial charge in [0.15, 0.2) is 5.82 Å². The van der Waals surface area contributed by atoms with Crippen molar-refractivity contribution >= 4 is 109 Å². The van der Waals surface area contributed by atoms with E-state index >= 15 is 0 Å². The van der Waals surface area contributed by atoms with Gasteiger partial charge in [0.05, 0.1) is 55.3 Å². The van der Waals surface area contributed by atoms with E-state index in [2.05, 4.69) is 386 Å². The quantitative estimate of drug-likeness (QED) is 0.142. The van der Waals surface area contributed by atoms with Gasteiger partial charge in [-0.3, -0.25) is 0 Å². The number of aromatic nitrogens is 6. The molecule has 5 aromatic heterocycles. The maximum absolute atomic E-state index is 5.65. The van der Waals surface area contributed by atoms with Crippen LogP contribution in [0, 0.1) is 0 Å². The third-order valence-corrected chi connectivity index (χ3v) is 24.4. The number of fused-ring (bicyclic) bond motifs is 21. The van der Waals surface area contributed by atoms with E-state index in [9.17, 15) is 0 Å². The van der Waals surface area contributed by atoms with Crippen LogP contribution in [0.5, 0.6) is 0 Å². The zero-order valence-corrected chi connectivity index (χ0v) is 60.0. The Kier molecular flexibility index (Phi) is 12.6. The zero-order valence-electron chi connectivity index (χ0n) is 60.0. The summed E-state index contributed by atoms with van der Waals surface area (Å²) in [7, 11) is 0. The Morgan fingerprint density at radius 3 is 1.05 bits per heavy atom. The largest absolute Gasteiger partial charge is 0.309 e. The van der Waals surface area contributed by atoms with Gasteiger partial charge in [0.2, 0.25) is 0 Å². The third kappa shape index (κ3) is 8.65. The van der Waals surface area contributed by atoms with Crippen molar-refractivity contribution in [3.8, 4) is 89.9 Å². The summed E-state index contributed by atoms with van der Waals surface area (Å²) in [5, 5.41) is 13.1. The molecule has 0 aliphatic heterocycles. The highest BCUT2D eigenvalue weighted by Crippen LogP contribution is 2.52. The summed E-state index contributed by atoms with van der Waals surface area (Å²) in [6.07, 6.45) is 0. The molecule has 0 saturated heterocycles. The van der Waals surface area contributed by atoms with E-state index in [0.717, 1.165) is 71.9 Å². The molecule has 21 aromatic rings. The number of benzene rings is 16. The smallest absolute Gasteiger partial charge is 0.160 e. The lowest BCUT2D eigenvalue weighted by molar-refractivity contribution is 0.660. The van der Waals surface area contributed by atoms with Gasteiger partial charge in [0.25, 0.3) is 0 Å². The van der Waals surface area contributed by atoms with Crippen LogP contribution >= 0.6 is 0 Å². The predicted molar refractivity (Wildman–Crippen MR) is 451 cm³/mol. The summed E-state index contributed by atoms with van der Waals surface area (Å²) in [5.41, 5.74) is 33.0. The summed E-state index contributed by atoms with van der Waals surface area (Å²) in [6, 6.07) is 126. The first-order chi connectivity index (χ1) is 53.1. The molecule has 108 heavy (non-hydrogen) atoms. The summed E-state index contributed by atoms with van der Waals surface area (Å²) in [6.45, 7) is 9.45. The van der Waals surface area contributed by atoms with Gasteiger partial charge in [0, 0.05) is 93.2 Å². The molecule has 2 aliphatic carbocycles. The van der Waals surface area contributed by atoms with E-state index in [0.29, 0.717) is 5.82 Å². The average molecular weight is 1380 g/mol. The highest BCUT2D eigenvalue weighted by atomic mass is 15.0. The van der Waals surface area contributed by atoms with Crippen molar-refractivity contribution in [1.82, 2.24) is 28.2 Å². The Morgan fingerprint density at radius 1 is 0.222 bits per heavy atom. The average Bonchev–Trinajstić information content (AvgIpc) is 1.52. The van der Waals surface area contributed by atoms with Crippen molar-refractivity contribution in [3.05, 3.63) is 362 Å². The summed E-state index contributed by atoms with van der Waals surface area (Å²) < 4.78 is 9.74. The first-order valence-electron chi connectivity index (χ1n) is 37.6. The fourth-order valence-corrected chi connectivity index (χ4v) is 19.2. The first kappa shape index (κ1) is 60.7. The van der Waals surface area contributed by atoms with Crippen LogP contribution in [0.2, 0.25) is 0 Å².